The first-order valence-corrected chi connectivity index (χ1v) is 13.5. The molecule has 1 aliphatic rings. The van der Waals surface area contributed by atoms with Crippen molar-refractivity contribution in [2.75, 3.05) is 20.1 Å². The van der Waals surface area contributed by atoms with E-state index in [1.165, 1.54) is 0 Å². The summed E-state index contributed by atoms with van der Waals surface area (Å²) < 4.78 is 0. The van der Waals surface area contributed by atoms with Crippen LogP contribution in [0.4, 0.5) is 0 Å². The van der Waals surface area contributed by atoms with Gasteiger partial charge in [0.1, 0.15) is 12.1 Å². The Morgan fingerprint density at radius 2 is 1.77 bits per heavy atom. The van der Waals surface area contributed by atoms with Gasteiger partial charge in [0.15, 0.2) is 5.78 Å². The molecule has 2 aromatic carbocycles. The van der Waals surface area contributed by atoms with Gasteiger partial charge in [-0.3, -0.25) is 19.2 Å². The van der Waals surface area contributed by atoms with Crippen molar-refractivity contribution in [2.45, 2.75) is 44.3 Å². The SMILES string of the molecule is CN1CC[C@@H](C(=O)N[C@@H](Cc2c[nH]c3ccccc23)C(=O)N[C@@H](CCC(=O)C=N)C(=O)NCc2ccccc2)C1. The molecule has 1 saturated heterocycles. The standard InChI is InChI=1S/C30H36N6O4/c1-36-14-13-21(19-36)28(38)35-27(15-22-18-32-25-10-6-5-9-24(22)25)30(40)34-26(12-11-23(37)16-31)29(39)33-17-20-7-3-2-4-8-20/h2-10,16,18,21,26-27,31-32H,11-15,17,19H2,1H3,(H,33,39)(H,34,40)(H,35,38)/t21-,26+,27+/m1/s1. The molecule has 40 heavy (non-hydrogen) atoms. The predicted octanol–water partition coefficient (Wildman–Crippen LogP) is 1.95. The maximum absolute atomic E-state index is 13.7. The predicted molar refractivity (Wildman–Crippen MR) is 153 cm³/mol. The van der Waals surface area contributed by atoms with Gasteiger partial charge in [-0.1, -0.05) is 48.5 Å². The van der Waals surface area contributed by atoms with Crippen molar-refractivity contribution in [3.05, 3.63) is 71.9 Å². The van der Waals surface area contributed by atoms with Gasteiger partial charge in [-0.2, -0.15) is 0 Å². The Balaban J connectivity index is 1.51. The van der Waals surface area contributed by atoms with Gasteiger partial charge in [0.2, 0.25) is 17.7 Å². The van der Waals surface area contributed by atoms with Crippen LogP contribution in [0.3, 0.4) is 0 Å². The van der Waals surface area contributed by atoms with E-state index in [-0.39, 0.29) is 37.6 Å². The van der Waals surface area contributed by atoms with Crippen LogP contribution in [0.5, 0.6) is 0 Å². The highest BCUT2D eigenvalue weighted by molar-refractivity contribution is 6.26. The average molecular weight is 545 g/mol. The molecular formula is C30H36N6O4. The van der Waals surface area contributed by atoms with Crippen LogP contribution >= 0.6 is 0 Å². The van der Waals surface area contributed by atoms with Crippen molar-refractivity contribution >= 4 is 40.6 Å². The summed E-state index contributed by atoms with van der Waals surface area (Å²) in [6, 6.07) is 15.1. The van der Waals surface area contributed by atoms with Crippen LogP contribution in [0.25, 0.3) is 10.9 Å². The van der Waals surface area contributed by atoms with E-state index in [4.69, 9.17) is 5.41 Å². The quantitative estimate of drug-likeness (QED) is 0.209. The minimum Gasteiger partial charge on any atom is -0.361 e. The maximum atomic E-state index is 13.7. The van der Waals surface area contributed by atoms with Crippen LogP contribution in [-0.4, -0.2) is 71.8 Å². The largest absolute Gasteiger partial charge is 0.361 e. The van der Waals surface area contributed by atoms with E-state index in [0.29, 0.717) is 19.2 Å². The lowest BCUT2D eigenvalue weighted by Crippen LogP contribution is -2.55. The minimum atomic E-state index is -1.01. The molecule has 1 aliphatic heterocycles. The van der Waals surface area contributed by atoms with Gasteiger partial charge in [0.05, 0.1) is 12.1 Å². The first kappa shape index (κ1) is 28.7. The number of carbonyl (C=O) groups is 4. The number of benzene rings is 2. The van der Waals surface area contributed by atoms with Crippen molar-refractivity contribution < 1.29 is 19.2 Å². The first-order chi connectivity index (χ1) is 19.3. The average Bonchev–Trinajstić information content (AvgIpc) is 3.60. The van der Waals surface area contributed by atoms with Crippen molar-refractivity contribution in [3.8, 4) is 0 Å². The normalized spacial score (nSPS) is 16.7. The number of fused-ring (bicyclic) bond motifs is 1. The van der Waals surface area contributed by atoms with E-state index in [1.54, 1.807) is 0 Å². The van der Waals surface area contributed by atoms with Gasteiger partial charge < -0.3 is 31.2 Å². The third-order valence-electron chi connectivity index (χ3n) is 7.28. The van der Waals surface area contributed by atoms with Crippen LogP contribution in [0.15, 0.2) is 60.8 Å². The van der Waals surface area contributed by atoms with Crippen LogP contribution in [0, 0.1) is 11.3 Å². The summed E-state index contributed by atoms with van der Waals surface area (Å²) in [5.41, 5.74) is 2.68. The zero-order chi connectivity index (χ0) is 28.5. The van der Waals surface area contributed by atoms with Gasteiger partial charge in [-0.05, 0) is 43.6 Å². The molecule has 3 amide bonds. The summed E-state index contributed by atoms with van der Waals surface area (Å²) in [7, 11) is 1.96. The fourth-order valence-corrected chi connectivity index (χ4v) is 4.98. The molecule has 0 saturated carbocycles. The van der Waals surface area contributed by atoms with Gasteiger partial charge >= 0.3 is 0 Å². The van der Waals surface area contributed by atoms with E-state index in [1.807, 2.05) is 67.8 Å². The topological polar surface area (TPSA) is 147 Å². The number of aromatic amines is 1. The summed E-state index contributed by atoms with van der Waals surface area (Å²) in [6.45, 7) is 1.68. The number of Topliss-reactive ketones (excluding diaryl/α,β-unsaturated/α-hetero) is 1. The smallest absolute Gasteiger partial charge is 0.243 e. The van der Waals surface area contributed by atoms with Gasteiger partial charge in [-0.25, -0.2) is 0 Å². The maximum Gasteiger partial charge on any atom is 0.243 e. The molecule has 0 radical (unpaired) electrons. The highest BCUT2D eigenvalue weighted by Gasteiger charge is 2.32. The number of ketones is 1. The molecule has 5 N–H and O–H groups in total. The van der Waals surface area contributed by atoms with E-state index < -0.39 is 29.7 Å². The van der Waals surface area contributed by atoms with E-state index >= 15 is 0 Å². The summed E-state index contributed by atoms with van der Waals surface area (Å²) in [5, 5.41) is 16.7. The molecule has 0 spiro atoms. The number of aromatic nitrogens is 1. The Labute approximate surface area is 233 Å². The number of hydrogen-bond donors (Lipinski definition) is 5. The zero-order valence-corrected chi connectivity index (χ0v) is 22.6. The molecule has 1 fully saturated rings. The fourth-order valence-electron chi connectivity index (χ4n) is 4.98. The number of likely N-dealkylation sites (tertiary alicyclic amines) is 1. The summed E-state index contributed by atoms with van der Waals surface area (Å²) in [4.78, 5) is 57.1. The Bertz CT molecular complexity index is 1350. The Hall–Kier alpha value is -4.31. The number of carbonyl (C=O) groups excluding carboxylic acids is 4. The van der Waals surface area contributed by atoms with Crippen LogP contribution in [0.1, 0.15) is 30.4 Å². The molecule has 0 bridgehead atoms. The van der Waals surface area contributed by atoms with Crippen molar-refractivity contribution in [2.24, 2.45) is 5.92 Å². The van der Waals surface area contributed by atoms with Crippen LogP contribution in [-0.2, 0) is 32.1 Å². The number of nitrogens with zero attached hydrogens (tertiary/aromatic N) is 1. The molecule has 3 aromatic rings. The number of H-pyrrole nitrogens is 1. The number of hydrogen-bond acceptors (Lipinski definition) is 6. The van der Waals surface area contributed by atoms with Crippen molar-refractivity contribution in [3.63, 3.8) is 0 Å². The molecule has 1 aromatic heterocycles. The van der Waals surface area contributed by atoms with Crippen LogP contribution < -0.4 is 16.0 Å². The van der Waals surface area contributed by atoms with Crippen LogP contribution in [0.2, 0.25) is 0 Å². The monoisotopic (exact) mass is 544 g/mol. The summed E-state index contributed by atoms with van der Waals surface area (Å²) >= 11 is 0. The molecular weight excluding hydrogens is 508 g/mol. The van der Waals surface area contributed by atoms with Gasteiger partial charge in [-0.15, -0.1) is 0 Å². The van der Waals surface area contributed by atoms with Gasteiger partial charge in [0, 0.05) is 43.0 Å². The molecule has 4 rings (SSSR count). The highest BCUT2D eigenvalue weighted by Crippen LogP contribution is 2.20. The Morgan fingerprint density at radius 3 is 2.50 bits per heavy atom. The van der Waals surface area contributed by atoms with E-state index in [9.17, 15) is 19.2 Å². The second kappa shape index (κ2) is 13.7. The number of nitrogens with one attached hydrogen (secondary N) is 5. The third-order valence-corrected chi connectivity index (χ3v) is 7.28. The van der Waals surface area contributed by atoms with Gasteiger partial charge in [0.25, 0.3) is 0 Å². The summed E-state index contributed by atoms with van der Waals surface area (Å²) in [5.74, 6) is -1.81. The van der Waals surface area contributed by atoms with Crippen molar-refractivity contribution in [1.29, 1.82) is 5.41 Å². The summed E-state index contributed by atoms with van der Waals surface area (Å²) in [6.07, 6.45) is 3.43. The third kappa shape index (κ3) is 7.63. The molecule has 210 valence electrons. The Morgan fingerprint density at radius 1 is 1.02 bits per heavy atom. The lowest BCUT2D eigenvalue weighted by molar-refractivity contribution is -0.133. The zero-order valence-electron chi connectivity index (χ0n) is 22.6. The number of para-hydroxylation sites is 1. The lowest BCUT2D eigenvalue weighted by atomic mass is 10.0. The molecule has 0 aliphatic carbocycles. The molecule has 10 heteroatoms. The second-order valence-corrected chi connectivity index (χ2v) is 10.3. The molecule has 0 unspecified atom stereocenters. The minimum absolute atomic E-state index is 0.0295. The van der Waals surface area contributed by atoms with Crippen molar-refractivity contribution in [1.82, 2.24) is 25.8 Å². The molecule has 2 heterocycles. The van der Waals surface area contributed by atoms with E-state index in [2.05, 4.69) is 25.8 Å². The first-order valence-electron chi connectivity index (χ1n) is 13.5. The second-order valence-electron chi connectivity index (χ2n) is 10.3. The van der Waals surface area contributed by atoms with E-state index in [0.717, 1.165) is 28.6 Å². The highest BCUT2D eigenvalue weighted by atomic mass is 16.2. The number of amides is 3. The number of rotatable bonds is 13. The Kier molecular flexibility index (Phi) is 9.80. The molecule has 10 nitrogen and oxygen atoms in total. The molecule has 3 atom stereocenters. The lowest BCUT2D eigenvalue weighted by Gasteiger charge is -2.24. The fraction of sp³-hybridized carbons (Fsp3) is 0.367.